The zero-order valence-corrected chi connectivity index (χ0v) is 11.5. The molecule has 3 rings (SSSR count). The fraction of sp³-hybridized carbons (Fsp3) is 0.357. The fourth-order valence-electron chi connectivity index (χ4n) is 1.95. The molecule has 1 aromatic carbocycles. The van der Waals surface area contributed by atoms with E-state index in [1.54, 1.807) is 24.3 Å². The van der Waals surface area contributed by atoms with Gasteiger partial charge in [0.2, 0.25) is 11.7 Å². The van der Waals surface area contributed by atoms with Crippen molar-refractivity contribution < 1.29 is 18.8 Å². The summed E-state index contributed by atoms with van der Waals surface area (Å²) in [5.41, 5.74) is 0.433. The SMILES string of the molecule is COC(=O)c1cccc(OCc2noc([C@H]3CCN3)n2)c1. The van der Waals surface area contributed by atoms with E-state index in [-0.39, 0.29) is 12.6 Å². The molecule has 0 spiro atoms. The Balaban J connectivity index is 1.61. The van der Waals surface area contributed by atoms with E-state index in [9.17, 15) is 4.79 Å². The van der Waals surface area contributed by atoms with E-state index < -0.39 is 5.97 Å². The normalized spacial score (nSPS) is 17.1. The van der Waals surface area contributed by atoms with E-state index in [1.165, 1.54) is 7.11 Å². The van der Waals surface area contributed by atoms with Crippen LogP contribution in [0.3, 0.4) is 0 Å². The Morgan fingerprint density at radius 2 is 2.38 bits per heavy atom. The van der Waals surface area contributed by atoms with Crippen LogP contribution in [-0.4, -0.2) is 29.8 Å². The monoisotopic (exact) mass is 289 g/mol. The smallest absolute Gasteiger partial charge is 0.337 e. The van der Waals surface area contributed by atoms with Gasteiger partial charge in [-0.2, -0.15) is 4.98 Å². The molecule has 0 bridgehead atoms. The zero-order valence-electron chi connectivity index (χ0n) is 11.5. The van der Waals surface area contributed by atoms with E-state index in [0.717, 1.165) is 13.0 Å². The number of benzene rings is 1. The van der Waals surface area contributed by atoms with Crippen molar-refractivity contribution in [3.63, 3.8) is 0 Å². The van der Waals surface area contributed by atoms with E-state index in [1.807, 2.05) is 0 Å². The molecule has 1 aliphatic rings. The number of ether oxygens (including phenoxy) is 2. The Hall–Kier alpha value is -2.41. The molecule has 7 nitrogen and oxygen atoms in total. The molecule has 0 saturated carbocycles. The molecular weight excluding hydrogens is 274 g/mol. The summed E-state index contributed by atoms with van der Waals surface area (Å²) in [6, 6.07) is 6.91. The molecule has 1 aliphatic heterocycles. The molecule has 1 N–H and O–H groups in total. The standard InChI is InChI=1S/C14H15N3O4/c1-19-14(18)9-3-2-4-10(7-9)20-8-12-16-13(21-17-12)11-5-6-15-11/h2-4,7,11,15H,5-6,8H2,1H3/t11-/m1/s1. The van der Waals surface area contributed by atoms with Gasteiger partial charge in [-0.1, -0.05) is 11.2 Å². The molecule has 1 fully saturated rings. The van der Waals surface area contributed by atoms with Crippen LogP contribution in [0.2, 0.25) is 0 Å². The van der Waals surface area contributed by atoms with Gasteiger partial charge in [0.05, 0.1) is 18.7 Å². The number of rotatable bonds is 5. The minimum absolute atomic E-state index is 0.161. The summed E-state index contributed by atoms with van der Waals surface area (Å²) >= 11 is 0. The minimum atomic E-state index is -0.404. The molecule has 0 radical (unpaired) electrons. The lowest BCUT2D eigenvalue weighted by Gasteiger charge is -2.23. The Morgan fingerprint density at radius 1 is 1.52 bits per heavy atom. The van der Waals surface area contributed by atoms with Crippen molar-refractivity contribution in [3.8, 4) is 5.75 Å². The van der Waals surface area contributed by atoms with Gasteiger partial charge in [0, 0.05) is 0 Å². The van der Waals surface area contributed by atoms with E-state index in [2.05, 4.69) is 20.2 Å². The number of methoxy groups -OCH3 is 1. The number of nitrogens with zero attached hydrogens (tertiary/aromatic N) is 2. The van der Waals surface area contributed by atoms with Gasteiger partial charge in [-0.15, -0.1) is 0 Å². The average molecular weight is 289 g/mol. The van der Waals surface area contributed by atoms with Crippen LogP contribution in [0, 0.1) is 0 Å². The highest BCUT2D eigenvalue weighted by molar-refractivity contribution is 5.89. The van der Waals surface area contributed by atoms with Crippen LogP contribution in [0.1, 0.15) is 34.5 Å². The van der Waals surface area contributed by atoms with Crippen LogP contribution in [0.4, 0.5) is 0 Å². The average Bonchev–Trinajstić information content (AvgIpc) is 2.91. The molecule has 0 aliphatic carbocycles. The number of hydrogen-bond donors (Lipinski definition) is 1. The molecule has 1 aromatic heterocycles. The predicted molar refractivity (Wildman–Crippen MR) is 71.8 cm³/mol. The number of carbonyl (C=O) groups excluding carboxylic acids is 1. The molecule has 7 heteroatoms. The molecule has 110 valence electrons. The van der Waals surface area contributed by atoms with Gasteiger partial charge >= 0.3 is 5.97 Å². The third-order valence-electron chi connectivity index (χ3n) is 3.23. The highest BCUT2D eigenvalue weighted by Gasteiger charge is 2.24. The zero-order chi connectivity index (χ0) is 14.7. The third-order valence-corrected chi connectivity index (χ3v) is 3.23. The van der Waals surface area contributed by atoms with Crippen molar-refractivity contribution in [2.75, 3.05) is 13.7 Å². The topological polar surface area (TPSA) is 86.5 Å². The predicted octanol–water partition coefficient (Wildman–Crippen LogP) is 1.47. The maximum atomic E-state index is 11.4. The highest BCUT2D eigenvalue weighted by atomic mass is 16.5. The third kappa shape index (κ3) is 3.03. The molecule has 1 saturated heterocycles. The summed E-state index contributed by atoms with van der Waals surface area (Å²) < 4.78 is 15.4. The second kappa shape index (κ2) is 5.92. The number of nitrogens with one attached hydrogen (secondary N) is 1. The summed E-state index contributed by atoms with van der Waals surface area (Å²) in [4.78, 5) is 15.7. The first-order valence-corrected chi connectivity index (χ1v) is 6.63. The van der Waals surface area contributed by atoms with Crippen molar-refractivity contribution >= 4 is 5.97 Å². The van der Waals surface area contributed by atoms with Crippen LogP contribution in [0.25, 0.3) is 0 Å². The van der Waals surface area contributed by atoms with Crippen LogP contribution < -0.4 is 10.1 Å². The van der Waals surface area contributed by atoms with Gasteiger partial charge in [-0.25, -0.2) is 4.79 Å². The van der Waals surface area contributed by atoms with Crippen molar-refractivity contribution in [2.45, 2.75) is 19.1 Å². The summed E-state index contributed by atoms with van der Waals surface area (Å²) in [5.74, 6) is 1.20. The number of esters is 1. The summed E-state index contributed by atoms with van der Waals surface area (Å²) in [6.07, 6.45) is 1.00. The largest absolute Gasteiger partial charge is 0.485 e. The lowest BCUT2D eigenvalue weighted by atomic mass is 10.1. The van der Waals surface area contributed by atoms with Crippen LogP contribution in [0.15, 0.2) is 28.8 Å². The molecule has 0 amide bonds. The van der Waals surface area contributed by atoms with Gasteiger partial charge in [0.1, 0.15) is 5.75 Å². The van der Waals surface area contributed by atoms with Crippen molar-refractivity contribution in [2.24, 2.45) is 0 Å². The Morgan fingerprint density at radius 3 is 3.10 bits per heavy atom. The molecule has 1 atom stereocenters. The molecular formula is C14H15N3O4. The lowest BCUT2D eigenvalue weighted by Crippen LogP contribution is -2.35. The molecule has 21 heavy (non-hydrogen) atoms. The van der Waals surface area contributed by atoms with Gasteiger partial charge in [0.25, 0.3) is 0 Å². The Labute approximate surface area is 121 Å². The summed E-state index contributed by atoms with van der Waals surface area (Å²) in [6.45, 7) is 1.15. The van der Waals surface area contributed by atoms with Crippen LogP contribution in [0.5, 0.6) is 5.75 Å². The lowest BCUT2D eigenvalue weighted by molar-refractivity contribution is 0.0600. The quantitative estimate of drug-likeness (QED) is 0.834. The molecule has 0 unspecified atom stereocenters. The first-order valence-electron chi connectivity index (χ1n) is 6.63. The molecule has 2 heterocycles. The van der Waals surface area contributed by atoms with E-state index in [4.69, 9.17) is 9.26 Å². The Bertz CT molecular complexity index is 637. The van der Waals surface area contributed by atoms with E-state index in [0.29, 0.717) is 23.0 Å². The Kier molecular flexibility index (Phi) is 3.83. The maximum absolute atomic E-state index is 11.4. The van der Waals surface area contributed by atoms with Crippen molar-refractivity contribution in [1.82, 2.24) is 15.5 Å². The van der Waals surface area contributed by atoms with E-state index >= 15 is 0 Å². The summed E-state index contributed by atoms with van der Waals surface area (Å²) in [5, 5.41) is 7.05. The van der Waals surface area contributed by atoms with Gasteiger partial charge in [-0.3, -0.25) is 0 Å². The first-order chi connectivity index (χ1) is 10.3. The highest BCUT2D eigenvalue weighted by Crippen LogP contribution is 2.21. The fourth-order valence-corrected chi connectivity index (χ4v) is 1.95. The van der Waals surface area contributed by atoms with Crippen LogP contribution >= 0.6 is 0 Å². The number of aromatic nitrogens is 2. The van der Waals surface area contributed by atoms with Crippen LogP contribution in [-0.2, 0) is 11.3 Å². The van der Waals surface area contributed by atoms with Crippen molar-refractivity contribution in [3.05, 3.63) is 41.5 Å². The first kappa shape index (κ1) is 13.6. The van der Waals surface area contributed by atoms with Gasteiger partial charge in [0.15, 0.2) is 6.61 Å². The second-order valence-electron chi connectivity index (χ2n) is 4.65. The minimum Gasteiger partial charge on any atom is -0.485 e. The molecule has 2 aromatic rings. The number of hydrogen-bond acceptors (Lipinski definition) is 7. The number of carbonyl (C=O) groups is 1. The second-order valence-corrected chi connectivity index (χ2v) is 4.65. The summed E-state index contributed by atoms with van der Waals surface area (Å²) in [7, 11) is 1.34. The van der Waals surface area contributed by atoms with Crippen molar-refractivity contribution in [1.29, 1.82) is 0 Å². The maximum Gasteiger partial charge on any atom is 0.337 e. The van der Waals surface area contributed by atoms with Gasteiger partial charge < -0.3 is 19.3 Å². The van der Waals surface area contributed by atoms with Gasteiger partial charge in [-0.05, 0) is 31.2 Å².